The van der Waals surface area contributed by atoms with Crippen molar-refractivity contribution < 1.29 is 9.53 Å². The van der Waals surface area contributed by atoms with E-state index >= 15 is 0 Å². The Bertz CT molecular complexity index is 500. The quantitative estimate of drug-likeness (QED) is 0.897. The summed E-state index contributed by atoms with van der Waals surface area (Å²) in [4.78, 5) is 13.1. The molecule has 0 radical (unpaired) electrons. The molecule has 2 fully saturated rings. The monoisotopic (exact) mass is 302 g/mol. The normalized spacial score (nSPS) is 24.7. The van der Waals surface area contributed by atoms with Gasteiger partial charge in [0.05, 0.1) is 5.41 Å². The summed E-state index contributed by atoms with van der Waals surface area (Å²) in [5, 5.41) is 6.65. The first-order valence-corrected chi connectivity index (χ1v) is 8.37. The molecule has 2 aliphatic rings. The van der Waals surface area contributed by atoms with Crippen LogP contribution in [-0.4, -0.2) is 38.3 Å². The molecule has 0 bridgehead atoms. The van der Waals surface area contributed by atoms with E-state index in [1.807, 2.05) is 0 Å². The van der Waals surface area contributed by atoms with E-state index in [1.165, 1.54) is 5.56 Å². The number of carbonyl (C=O) groups is 1. The maximum atomic E-state index is 13.1. The lowest BCUT2D eigenvalue weighted by Gasteiger charge is -2.38. The van der Waals surface area contributed by atoms with Gasteiger partial charge in [0, 0.05) is 25.8 Å². The number of hydrogen-bond acceptors (Lipinski definition) is 3. The highest BCUT2D eigenvalue weighted by molar-refractivity contribution is 5.88. The van der Waals surface area contributed by atoms with Gasteiger partial charge >= 0.3 is 0 Å². The predicted molar refractivity (Wildman–Crippen MR) is 86.9 cm³/mol. The maximum Gasteiger partial charge on any atom is 0.231 e. The molecule has 3 rings (SSSR count). The van der Waals surface area contributed by atoms with Gasteiger partial charge in [0.15, 0.2) is 0 Å². The Morgan fingerprint density at radius 3 is 2.64 bits per heavy atom. The minimum atomic E-state index is -0.427. The molecule has 1 aromatic rings. The Kier molecular flexibility index (Phi) is 4.79. The van der Waals surface area contributed by atoms with Gasteiger partial charge in [-0.2, -0.15) is 0 Å². The van der Waals surface area contributed by atoms with Gasteiger partial charge in [-0.1, -0.05) is 29.8 Å². The van der Waals surface area contributed by atoms with Gasteiger partial charge in [0.1, 0.15) is 0 Å². The van der Waals surface area contributed by atoms with Gasteiger partial charge in [0.25, 0.3) is 0 Å². The van der Waals surface area contributed by atoms with Crippen molar-refractivity contribution in [3.05, 3.63) is 35.4 Å². The van der Waals surface area contributed by atoms with E-state index in [0.717, 1.165) is 44.3 Å². The molecule has 0 spiro atoms. The minimum Gasteiger partial charge on any atom is -0.381 e. The lowest BCUT2D eigenvalue weighted by Crippen LogP contribution is -2.54. The third-order valence-corrected chi connectivity index (χ3v) is 5.02. The van der Waals surface area contributed by atoms with Crippen molar-refractivity contribution in [3.8, 4) is 0 Å². The van der Waals surface area contributed by atoms with Crippen LogP contribution >= 0.6 is 0 Å². The van der Waals surface area contributed by atoms with E-state index in [-0.39, 0.29) is 11.9 Å². The number of aryl methyl sites for hydroxylation is 1. The standard InChI is InChI=1S/C18H26N2O2/c1-14-4-6-15(7-5-14)18(8-11-22-12-9-18)17(21)20-16-3-2-10-19-13-16/h4-7,16,19H,2-3,8-13H2,1H3,(H,20,21). The molecule has 4 heteroatoms. The second kappa shape index (κ2) is 6.80. The Hall–Kier alpha value is -1.39. The molecule has 1 unspecified atom stereocenters. The first-order chi connectivity index (χ1) is 10.7. The molecule has 2 heterocycles. The molecule has 2 N–H and O–H groups in total. The van der Waals surface area contributed by atoms with Gasteiger partial charge in [-0.05, 0) is 44.7 Å². The number of hydrogen-bond donors (Lipinski definition) is 2. The maximum absolute atomic E-state index is 13.1. The molecular formula is C18H26N2O2. The molecular weight excluding hydrogens is 276 g/mol. The second-order valence-electron chi connectivity index (χ2n) is 6.58. The number of amides is 1. The fraction of sp³-hybridized carbons (Fsp3) is 0.611. The van der Waals surface area contributed by atoms with E-state index in [2.05, 4.69) is 41.8 Å². The van der Waals surface area contributed by atoms with Crippen molar-refractivity contribution >= 4 is 5.91 Å². The van der Waals surface area contributed by atoms with Crippen molar-refractivity contribution in [2.24, 2.45) is 0 Å². The summed E-state index contributed by atoms with van der Waals surface area (Å²) in [5.41, 5.74) is 1.93. The molecule has 1 atom stereocenters. The van der Waals surface area contributed by atoms with Crippen LogP contribution in [0, 0.1) is 6.92 Å². The zero-order chi connectivity index (χ0) is 15.4. The molecule has 0 saturated carbocycles. The number of carbonyl (C=O) groups excluding carboxylic acids is 1. The highest BCUT2D eigenvalue weighted by Gasteiger charge is 2.42. The van der Waals surface area contributed by atoms with Gasteiger partial charge in [0.2, 0.25) is 5.91 Å². The largest absolute Gasteiger partial charge is 0.381 e. The third-order valence-electron chi connectivity index (χ3n) is 5.02. The lowest BCUT2D eigenvalue weighted by atomic mass is 9.73. The van der Waals surface area contributed by atoms with E-state index in [1.54, 1.807) is 0 Å². The molecule has 2 aliphatic heterocycles. The summed E-state index contributed by atoms with van der Waals surface area (Å²) < 4.78 is 5.52. The van der Waals surface area contributed by atoms with Gasteiger partial charge in [-0.15, -0.1) is 0 Å². The first-order valence-electron chi connectivity index (χ1n) is 8.37. The SMILES string of the molecule is Cc1ccc(C2(C(=O)NC3CCCNC3)CCOCC2)cc1. The van der Waals surface area contributed by atoms with Crippen LogP contribution in [0.25, 0.3) is 0 Å². The third kappa shape index (κ3) is 3.18. The Morgan fingerprint density at radius 1 is 1.27 bits per heavy atom. The van der Waals surface area contributed by atoms with Crippen LogP contribution < -0.4 is 10.6 Å². The van der Waals surface area contributed by atoms with Crippen LogP contribution in [0.2, 0.25) is 0 Å². The smallest absolute Gasteiger partial charge is 0.231 e. The Morgan fingerprint density at radius 2 is 2.00 bits per heavy atom. The number of rotatable bonds is 3. The lowest BCUT2D eigenvalue weighted by molar-refractivity contribution is -0.131. The molecule has 4 nitrogen and oxygen atoms in total. The predicted octanol–water partition coefficient (Wildman–Crippen LogP) is 1.91. The van der Waals surface area contributed by atoms with Crippen LogP contribution in [0.4, 0.5) is 0 Å². The van der Waals surface area contributed by atoms with Crippen LogP contribution in [0.1, 0.15) is 36.8 Å². The zero-order valence-corrected chi connectivity index (χ0v) is 13.4. The molecule has 2 saturated heterocycles. The summed E-state index contributed by atoms with van der Waals surface area (Å²) in [5.74, 6) is 0.174. The van der Waals surface area contributed by atoms with E-state index < -0.39 is 5.41 Å². The summed E-state index contributed by atoms with van der Waals surface area (Å²) in [6.07, 6.45) is 3.73. The van der Waals surface area contributed by atoms with Crippen LogP contribution in [0.5, 0.6) is 0 Å². The van der Waals surface area contributed by atoms with Crippen LogP contribution in [0.15, 0.2) is 24.3 Å². The average Bonchev–Trinajstić information content (AvgIpc) is 2.57. The van der Waals surface area contributed by atoms with E-state index in [0.29, 0.717) is 13.2 Å². The molecule has 22 heavy (non-hydrogen) atoms. The van der Waals surface area contributed by atoms with Crippen molar-refractivity contribution in [2.45, 2.75) is 44.1 Å². The zero-order valence-electron chi connectivity index (χ0n) is 13.4. The Labute approximate surface area is 132 Å². The average molecular weight is 302 g/mol. The summed E-state index contributed by atoms with van der Waals surface area (Å²) in [6.45, 7) is 5.33. The van der Waals surface area contributed by atoms with Crippen LogP contribution in [-0.2, 0) is 14.9 Å². The van der Waals surface area contributed by atoms with Gasteiger partial charge in [-0.3, -0.25) is 4.79 Å². The molecule has 1 aromatic carbocycles. The van der Waals surface area contributed by atoms with Crippen molar-refractivity contribution in [3.63, 3.8) is 0 Å². The number of piperidine rings is 1. The fourth-order valence-corrected chi connectivity index (χ4v) is 3.54. The minimum absolute atomic E-state index is 0.174. The Balaban J connectivity index is 1.81. The molecule has 0 aromatic heterocycles. The molecule has 120 valence electrons. The van der Waals surface area contributed by atoms with E-state index in [9.17, 15) is 4.79 Å². The summed E-state index contributed by atoms with van der Waals surface area (Å²) >= 11 is 0. The number of ether oxygens (including phenoxy) is 1. The molecule has 0 aliphatic carbocycles. The molecule has 1 amide bonds. The second-order valence-corrected chi connectivity index (χ2v) is 6.58. The van der Waals surface area contributed by atoms with Gasteiger partial charge < -0.3 is 15.4 Å². The number of benzene rings is 1. The van der Waals surface area contributed by atoms with Crippen molar-refractivity contribution in [2.75, 3.05) is 26.3 Å². The summed E-state index contributed by atoms with van der Waals surface area (Å²) in [6, 6.07) is 8.68. The number of nitrogens with one attached hydrogen (secondary N) is 2. The topological polar surface area (TPSA) is 50.4 Å². The van der Waals surface area contributed by atoms with Crippen molar-refractivity contribution in [1.82, 2.24) is 10.6 Å². The van der Waals surface area contributed by atoms with Crippen molar-refractivity contribution in [1.29, 1.82) is 0 Å². The highest BCUT2D eigenvalue weighted by atomic mass is 16.5. The summed E-state index contributed by atoms with van der Waals surface area (Å²) in [7, 11) is 0. The van der Waals surface area contributed by atoms with Gasteiger partial charge in [-0.25, -0.2) is 0 Å². The van der Waals surface area contributed by atoms with E-state index in [4.69, 9.17) is 4.74 Å². The highest BCUT2D eigenvalue weighted by Crippen LogP contribution is 2.35. The van der Waals surface area contributed by atoms with Crippen LogP contribution in [0.3, 0.4) is 0 Å². The fourth-order valence-electron chi connectivity index (χ4n) is 3.54. The first kappa shape index (κ1) is 15.5.